The molecule has 0 fully saturated rings. The van der Waals surface area contributed by atoms with E-state index in [1.54, 1.807) is 28.8 Å². The summed E-state index contributed by atoms with van der Waals surface area (Å²) in [5, 5.41) is 0. The van der Waals surface area contributed by atoms with Crippen LogP contribution in [0.15, 0.2) is 36.5 Å². The number of hydrogen-bond acceptors (Lipinski definition) is 5. The highest BCUT2D eigenvalue weighted by molar-refractivity contribution is 6.12. The molecule has 0 radical (unpaired) electrons. The standard InChI is InChI=1S/C21H21NO5/c1-12-6-7-22-16(8-12)15(13(2)23)11-17(22)20(24)14-9-18(25-3)21(27-5)19(10-14)26-4/h6-11H,1-5H3. The van der Waals surface area contributed by atoms with Gasteiger partial charge in [-0.05, 0) is 49.7 Å². The van der Waals surface area contributed by atoms with Crippen molar-refractivity contribution in [3.63, 3.8) is 0 Å². The van der Waals surface area contributed by atoms with Crippen LogP contribution in [0.3, 0.4) is 0 Å². The number of aryl methyl sites for hydroxylation is 1. The number of Topliss-reactive ketones (excluding diaryl/α,β-unsaturated/α-hetero) is 1. The van der Waals surface area contributed by atoms with Crippen LogP contribution >= 0.6 is 0 Å². The molecule has 27 heavy (non-hydrogen) atoms. The minimum Gasteiger partial charge on any atom is -0.493 e. The predicted molar refractivity (Wildman–Crippen MR) is 102 cm³/mol. The number of methoxy groups -OCH3 is 3. The van der Waals surface area contributed by atoms with Crippen LogP contribution in [0.4, 0.5) is 0 Å². The number of fused-ring (bicyclic) bond motifs is 1. The van der Waals surface area contributed by atoms with Crippen LogP contribution in [0.25, 0.3) is 5.52 Å². The van der Waals surface area contributed by atoms with Gasteiger partial charge in [-0.15, -0.1) is 0 Å². The van der Waals surface area contributed by atoms with Crippen molar-refractivity contribution in [1.82, 2.24) is 4.40 Å². The average Bonchev–Trinajstić information content (AvgIpc) is 3.04. The van der Waals surface area contributed by atoms with Gasteiger partial charge in [-0.25, -0.2) is 0 Å². The lowest BCUT2D eigenvalue weighted by molar-refractivity contribution is 0.101. The highest BCUT2D eigenvalue weighted by Gasteiger charge is 2.22. The molecule has 2 heterocycles. The number of nitrogens with zero attached hydrogens (tertiary/aromatic N) is 1. The van der Waals surface area contributed by atoms with E-state index in [0.29, 0.717) is 39.6 Å². The monoisotopic (exact) mass is 367 g/mol. The molecule has 0 amide bonds. The summed E-state index contributed by atoms with van der Waals surface area (Å²) in [6, 6.07) is 8.61. The third-order valence-corrected chi connectivity index (χ3v) is 4.47. The molecule has 2 aromatic heterocycles. The van der Waals surface area contributed by atoms with Gasteiger partial charge >= 0.3 is 0 Å². The molecular weight excluding hydrogens is 346 g/mol. The summed E-state index contributed by atoms with van der Waals surface area (Å²) in [6.07, 6.45) is 1.79. The fraction of sp³-hybridized carbons (Fsp3) is 0.238. The molecule has 0 spiro atoms. The number of ketones is 2. The summed E-state index contributed by atoms with van der Waals surface area (Å²) in [5.74, 6) is 0.853. The maximum Gasteiger partial charge on any atom is 0.210 e. The summed E-state index contributed by atoms with van der Waals surface area (Å²) in [6.45, 7) is 3.43. The lowest BCUT2D eigenvalue weighted by atomic mass is 10.1. The van der Waals surface area contributed by atoms with E-state index >= 15 is 0 Å². The van der Waals surface area contributed by atoms with E-state index in [9.17, 15) is 9.59 Å². The number of carbonyl (C=O) groups excluding carboxylic acids is 2. The Balaban J connectivity index is 2.21. The Morgan fingerprint density at radius 1 is 0.926 bits per heavy atom. The zero-order valence-corrected chi connectivity index (χ0v) is 16.0. The van der Waals surface area contributed by atoms with Crippen LogP contribution in [0.5, 0.6) is 17.2 Å². The number of rotatable bonds is 6. The first-order valence-electron chi connectivity index (χ1n) is 8.38. The molecule has 0 bridgehead atoms. The van der Waals surface area contributed by atoms with Gasteiger partial charge in [0.25, 0.3) is 0 Å². The van der Waals surface area contributed by atoms with E-state index in [0.717, 1.165) is 5.56 Å². The number of ether oxygens (including phenoxy) is 3. The van der Waals surface area contributed by atoms with Gasteiger partial charge in [0.1, 0.15) is 0 Å². The topological polar surface area (TPSA) is 66.2 Å². The van der Waals surface area contributed by atoms with Gasteiger partial charge in [0, 0.05) is 17.3 Å². The smallest absolute Gasteiger partial charge is 0.210 e. The van der Waals surface area contributed by atoms with Crippen LogP contribution in [0.1, 0.15) is 38.9 Å². The van der Waals surface area contributed by atoms with E-state index in [1.807, 2.05) is 19.1 Å². The van der Waals surface area contributed by atoms with Crippen molar-refractivity contribution in [3.05, 3.63) is 58.9 Å². The predicted octanol–water partition coefficient (Wildman–Crippen LogP) is 3.71. The molecule has 0 saturated heterocycles. The zero-order chi connectivity index (χ0) is 19.7. The number of aromatic nitrogens is 1. The second kappa shape index (κ2) is 7.15. The Labute approximate surface area is 157 Å². The molecule has 140 valence electrons. The van der Waals surface area contributed by atoms with Crippen molar-refractivity contribution in [3.8, 4) is 17.2 Å². The van der Waals surface area contributed by atoms with E-state index in [-0.39, 0.29) is 11.6 Å². The molecular formula is C21H21NO5. The second-order valence-corrected chi connectivity index (χ2v) is 6.20. The van der Waals surface area contributed by atoms with Gasteiger partial charge < -0.3 is 18.6 Å². The van der Waals surface area contributed by atoms with E-state index in [4.69, 9.17) is 14.2 Å². The number of carbonyl (C=O) groups is 2. The largest absolute Gasteiger partial charge is 0.493 e. The Kier molecular flexibility index (Phi) is 4.90. The van der Waals surface area contributed by atoms with Crippen LogP contribution in [0.2, 0.25) is 0 Å². The first-order valence-corrected chi connectivity index (χ1v) is 8.38. The van der Waals surface area contributed by atoms with Gasteiger partial charge in [-0.3, -0.25) is 9.59 Å². The lowest BCUT2D eigenvalue weighted by Crippen LogP contribution is -2.07. The molecule has 0 unspecified atom stereocenters. The van der Waals surface area contributed by atoms with Crippen molar-refractivity contribution >= 4 is 17.1 Å². The number of hydrogen-bond donors (Lipinski definition) is 0. The average molecular weight is 367 g/mol. The van der Waals surface area contributed by atoms with E-state index in [2.05, 4.69) is 0 Å². The van der Waals surface area contributed by atoms with Crippen LogP contribution in [-0.2, 0) is 0 Å². The van der Waals surface area contributed by atoms with Gasteiger partial charge in [-0.1, -0.05) is 0 Å². The minimum absolute atomic E-state index is 0.0953. The summed E-state index contributed by atoms with van der Waals surface area (Å²) >= 11 is 0. The zero-order valence-electron chi connectivity index (χ0n) is 16.0. The van der Waals surface area contributed by atoms with Crippen LogP contribution in [-0.4, -0.2) is 37.3 Å². The van der Waals surface area contributed by atoms with Gasteiger partial charge in [0.2, 0.25) is 11.5 Å². The summed E-state index contributed by atoms with van der Waals surface area (Å²) < 4.78 is 17.7. The Morgan fingerprint density at radius 2 is 1.56 bits per heavy atom. The van der Waals surface area contributed by atoms with E-state index < -0.39 is 0 Å². The molecule has 0 aliphatic rings. The molecule has 1 aromatic carbocycles. The first-order chi connectivity index (χ1) is 12.9. The quantitative estimate of drug-likeness (QED) is 0.622. The van der Waals surface area contributed by atoms with Crippen molar-refractivity contribution in [2.24, 2.45) is 0 Å². The summed E-state index contributed by atoms with van der Waals surface area (Å²) in [4.78, 5) is 25.3. The fourth-order valence-corrected chi connectivity index (χ4v) is 3.12. The SMILES string of the molecule is COc1cc(C(=O)c2cc(C(C)=O)c3cc(C)ccn23)cc(OC)c1OC. The molecule has 0 atom stereocenters. The molecule has 0 aliphatic carbocycles. The molecule has 3 rings (SSSR count). The van der Waals surface area contributed by atoms with Crippen molar-refractivity contribution in [2.45, 2.75) is 13.8 Å². The third-order valence-electron chi connectivity index (χ3n) is 4.47. The van der Waals surface area contributed by atoms with Gasteiger partial charge in [0.05, 0.1) is 32.5 Å². The Bertz CT molecular complexity index is 1020. The molecule has 6 heteroatoms. The van der Waals surface area contributed by atoms with Gasteiger partial charge in [0.15, 0.2) is 17.3 Å². The molecule has 0 aliphatic heterocycles. The maximum atomic E-state index is 13.2. The fourth-order valence-electron chi connectivity index (χ4n) is 3.12. The maximum absolute atomic E-state index is 13.2. The molecule has 3 aromatic rings. The highest BCUT2D eigenvalue weighted by atomic mass is 16.5. The van der Waals surface area contributed by atoms with Crippen LogP contribution in [0, 0.1) is 6.92 Å². The Morgan fingerprint density at radius 3 is 2.07 bits per heavy atom. The molecule has 0 saturated carbocycles. The third kappa shape index (κ3) is 3.14. The normalized spacial score (nSPS) is 10.7. The van der Waals surface area contributed by atoms with Crippen molar-refractivity contribution < 1.29 is 23.8 Å². The highest BCUT2D eigenvalue weighted by Crippen LogP contribution is 2.39. The molecule has 6 nitrogen and oxygen atoms in total. The van der Waals surface area contributed by atoms with Crippen molar-refractivity contribution in [1.29, 1.82) is 0 Å². The number of pyridine rings is 1. The second-order valence-electron chi connectivity index (χ2n) is 6.20. The summed E-state index contributed by atoms with van der Waals surface area (Å²) in [7, 11) is 4.49. The molecule has 0 N–H and O–H groups in total. The first kappa shape index (κ1) is 18.5. The Hall–Kier alpha value is -3.28. The minimum atomic E-state index is -0.249. The summed E-state index contributed by atoms with van der Waals surface area (Å²) in [5.41, 5.74) is 2.99. The van der Waals surface area contributed by atoms with Crippen molar-refractivity contribution in [2.75, 3.05) is 21.3 Å². The lowest BCUT2D eigenvalue weighted by Gasteiger charge is -2.13. The van der Waals surface area contributed by atoms with Gasteiger partial charge in [-0.2, -0.15) is 0 Å². The van der Waals surface area contributed by atoms with Crippen LogP contribution < -0.4 is 14.2 Å². The van der Waals surface area contributed by atoms with E-state index in [1.165, 1.54) is 28.3 Å². The number of benzene rings is 1.